The first-order valence-electron chi connectivity index (χ1n) is 7.26. The Morgan fingerprint density at radius 1 is 1.26 bits per heavy atom. The maximum absolute atomic E-state index is 5.79. The van der Waals surface area contributed by atoms with Gasteiger partial charge in [0.1, 0.15) is 0 Å². The highest BCUT2D eigenvalue weighted by Gasteiger charge is 2.24. The molecule has 0 saturated carbocycles. The number of hydrogen-bond donors (Lipinski definition) is 0. The van der Waals surface area contributed by atoms with Crippen LogP contribution in [0.3, 0.4) is 0 Å². The molecule has 2 aliphatic heterocycles. The van der Waals surface area contributed by atoms with Crippen molar-refractivity contribution in [3.05, 3.63) is 0 Å². The van der Waals surface area contributed by atoms with Gasteiger partial charge in [-0.3, -0.25) is 9.89 Å². The van der Waals surface area contributed by atoms with Crippen LogP contribution in [0.2, 0.25) is 0 Å². The maximum atomic E-state index is 5.79. The molecule has 0 aromatic rings. The van der Waals surface area contributed by atoms with Crippen molar-refractivity contribution in [1.82, 2.24) is 9.80 Å². The highest BCUT2D eigenvalue weighted by Crippen LogP contribution is 2.23. The first kappa shape index (κ1) is 15.1. The molecule has 0 bridgehead atoms. The molecule has 0 aromatic carbocycles. The Morgan fingerprint density at radius 3 is 2.47 bits per heavy atom. The average Bonchev–Trinajstić information content (AvgIpc) is 2.75. The smallest absolute Gasteiger partial charge is 0.159 e. The summed E-state index contributed by atoms with van der Waals surface area (Å²) in [5, 5.41) is 1.92. The number of hydrogen-bond acceptors (Lipinski definition) is 5. The summed E-state index contributed by atoms with van der Waals surface area (Å²) >= 11 is 1.93. The van der Waals surface area contributed by atoms with Crippen LogP contribution >= 0.6 is 11.8 Å². The lowest BCUT2D eigenvalue weighted by Gasteiger charge is -2.36. The van der Waals surface area contributed by atoms with E-state index in [0.29, 0.717) is 5.25 Å². The zero-order chi connectivity index (χ0) is 13.9. The number of aliphatic imine (C=N–C) groups is 1. The van der Waals surface area contributed by atoms with Crippen molar-refractivity contribution in [3.8, 4) is 0 Å². The van der Waals surface area contributed by atoms with E-state index >= 15 is 0 Å². The van der Waals surface area contributed by atoms with Gasteiger partial charge in [0.05, 0.1) is 18.8 Å². The molecule has 1 fully saturated rings. The molecule has 4 nitrogen and oxygen atoms in total. The van der Waals surface area contributed by atoms with Crippen LogP contribution in [0.25, 0.3) is 0 Å². The van der Waals surface area contributed by atoms with Crippen LogP contribution in [0.4, 0.5) is 0 Å². The van der Waals surface area contributed by atoms with Crippen molar-refractivity contribution in [3.63, 3.8) is 0 Å². The molecule has 19 heavy (non-hydrogen) atoms. The molecule has 0 spiro atoms. The second-order valence-corrected chi connectivity index (χ2v) is 7.75. The number of amidine groups is 1. The standard InChI is InChI=1S/C14H27N3OS/c1-12-11-15-13(19-12)17-7-5-16(6-8-17)9-10-18-14(2,3)4/h12H,5-11H2,1-4H3. The van der Waals surface area contributed by atoms with Gasteiger partial charge in [-0.1, -0.05) is 18.7 Å². The third kappa shape index (κ3) is 4.97. The van der Waals surface area contributed by atoms with E-state index in [1.54, 1.807) is 0 Å². The minimum absolute atomic E-state index is 0.0207. The average molecular weight is 285 g/mol. The molecule has 2 heterocycles. The van der Waals surface area contributed by atoms with E-state index in [4.69, 9.17) is 4.74 Å². The minimum Gasteiger partial charge on any atom is -0.375 e. The molecule has 0 aliphatic carbocycles. The molecule has 0 radical (unpaired) electrons. The number of rotatable bonds is 3. The Kier molecular flexibility index (Phi) is 5.15. The molecule has 0 amide bonds. The van der Waals surface area contributed by atoms with Crippen LogP contribution in [0.5, 0.6) is 0 Å². The Hall–Kier alpha value is -0.260. The van der Waals surface area contributed by atoms with Gasteiger partial charge < -0.3 is 9.64 Å². The van der Waals surface area contributed by atoms with Crippen LogP contribution < -0.4 is 0 Å². The van der Waals surface area contributed by atoms with E-state index < -0.39 is 0 Å². The fourth-order valence-corrected chi connectivity index (χ4v) is 3.27. The summed E-state index contributed by atoms with van der Waals surface area (Å²) < 4.78 is 5.79. The number of piperazine rings is 1. The van der Waals surface area contributed by atoms with Crippen molar-refractivity contribution in [2.24, 2.45) is 4.99 Å². The third-order valence-electron chi connectivity index (χ3n) is 3.38. The van der Waals surface area contributed by atoms with Crippen molar-refractivity contribution >= 4 is 16.9 Å². The highest BCUT2D eigenvalue weighted by molar-refractivity contribution is 8.14. The molecule has 1 atom stereocenters. The van der Waals surface area contributed by atoms with Gasteiger partial charge in [0, 0.05) is 38.0 Å². The predicted octanol–water partition coefficient (Wildman–Crippen LogP) is 1.91. The lowest BCUT2D eigenvalue weighted by Crippen LogP contribution is -2.48. The molecule has 0 N–H and O–H groups in total. The van der Waals surface area contributed by atoms with Gasteiger partial charge in [-0.05, 0) is 20.8 Å². The molecular formula is C14H27N3OS. The van der Waals surface area contributed by atoms with E-state index in [1.165, 1.54) is 5.17 Å². The van der Waals surface area contributed by atoms with Gasteiger partial charge in [0.2, 0.25) is 0 Å². The van der Waals surface area contributed by atoms with E-state index in [1.807, 2.05) is 11.8 Å². The first-order chi connectivity index (χ1) is 8.94. The second-order valence-electron chi connectivity index (χ2n) is 6.34. The molecule has 1 saturated heterocycles. The molecule has 110 valence electrons. The first-order valence-corrected chi connectivity index (χ1v) is 8.14. The molecule has 0 aromatic heterocycles. The van der Waals surface area contributed by atoms with Gasteiger partial charge in [-0.2, -0.15) is 0 Å². The fraction of sp³-hybridized carbons (Fsp3) is 0.929. The van der Waals surface area contributed by atoms with Crippen molar-refractivity contribution in [2.45, 2.75) is 38.5 Å². The summed E-state index contributed by atoms with van der Waals surface area (Å²) in [6.45, 7) is 15.9. The normalized spacial score (nSPS) is 25.8. The summed E-state index contributed by atoms with van der Waals surface area (Å²) in [7, 11) is 0. The molecule has 2 aliphatic rings. The Balaban J connectivity index is 1.65. The Bertz CT molecular complexity index is 319. The van der Waals surface area contributed by atoms with Crippen LogP contribution in [-0.2, 0) is 4.74 Å². The topological polar surface area (TPSA) is 28.1 Å². The molecular weight excluding hydrogens is 258 g/mol. The summed E-state index contributed by atoms with van der Waals surface area (Å²) in [4.78, 5) is 9.55. The predicted molar refractivity (Wildman–Crippen MR) is 83.1 cm³/mol. The molecule has 2 rings (SSSR count). The highest BCUT2D eigenvalue weighted by atomic mass is 32.2. The van der Waals surface area contributed by atoms with Crippen molar-refractivity contribution in [1.29, 1.82) is 0 Å². The van der Waals surface area contributed by atoms with Gasteiger partial charge in [0.25, 0.3) is 0 Å². The second kappa shape index (κ2) is 6.46. The SMILES string of the molecule is CC1CN=C(N2CCN(CCOC(C)(C)C)CC2)S1. The van der Waals surface area contributed by atoms with E-state index in [0.717, 1.165) is 45.9 Å². The van der Waals surface area contributed by atoms with Crippen LogP contribution in [-0.4, -0.2) is 71.7 Å². The van der Waals surface area contributed by atoms with Crippen LogP contribution in [0.1, 0.15) is 27.7 Å². The van der Waals surface area contributed by atoms with E-state index in [-0.39, 0.29) is 5.60 Å². The minimum atomic E-state index is -0.0207. The summed E-state index contributed by atoms with van der Waals surface area (Å²) in [6, 6.07) is 0. The monoisotopic (exact) mass is 285 g/mol. The summed E-state index contributed by atoms with van der Waals surface area (Å²) in [5.74, 6) is 0. The van der Waals surface area contributed by atoms with E-state index in [2.05, 4.69) is 42.5 Å². The number of nitrogens with zero attached hydrogens (tertiary/aromatic N) is 3. The van der Waals surface area contributed by atoms with Crippen molar-refractivity contribution in [2.75, 3.05) is 45.9 Å². The summed E-state index contributed by atoms with van der Waals surface area (Å²) in [5.41, 5.74) is -0.0207. The quantitative estimate of drug-likeness (QED) is 0.792. The number of thioether (sulfide) groups is 1. The molecule has 1 unspecified atom stereocenters. The van der Waals surface area contributed by atoms with Gasteiger partial charge in [0.15, 0.2) is 5.17 Å². The van der Waals surface area contributed by atoms with Gasteiger partial charge in [-0.25, -0.2) is 0 Å². The van der Waals surface area contributed by atoms with E-state index in [9.17, 15) is 0 Å². The largest absolute Gasteiger partial charge is 0.375 e. The third-order valence-corrected chi connectivity index (χ3v) is 4.53. The summed E-state index contributed by atoms with van der Waals surface area (Å²) in [6.07, 6.45) is 0. The maximum Gasteiger partial charge on any atom is 0.159 e. The van der Waals surface area contributed by atoms with Crippen molar-refractivity contribution < 1.29 is 4.74 Å². The fourth-order valence-electron chi connectivity index (χ4n) is 2.28. The number of ether oxygens (including phenoxy) is 1. The lowest BCUT2D eigenvalue weighted by molar-refractivity contribution is -0.0158. The molecule has 5 heteroatoms. The Labute approximate surface area is 121 Å². The van der Waals surface area contributed by atoms with Crippen LogP contribution in [0, 0.1) is 0 Å². The van der Waals surface area contributed by atoms with Gasteiger partial charge in [-0.15, -0.1) is 0 Å². The zero-order valence-electron chi connectivity index (χ0n) is 12.7. The zero-order valence-corrected chi connectivity index (χ0v) is 13.5. The Morgan fingerprint density at radius 2 is 1.95 bits per heavy atom. The van der Waals surface area contributed by atoms with Crippen LogP contribution in [0.15, 0.2) is 4.99 Å². The van der Waals surface area contributed by atoms with Gasteiger partial charge >= 0.3 is 0 Å². The lowest BCUT2D eigenvalue weighted by atomic mass is 10.2.